The smallest absolute Gasteiger partial charge is 0.355 e. The van der Waals surface area contributed by atoms with Crippen LogP contribution in [0.25, 0.3) is 45.3 Å². The summed E-state index contributed by atoms with van der Waals surface area (Å²) in [4.78, 5) is 22.2. The average molecular weight is 426 g/mol. The molecule has 0 fully saturated rings. The summed E-state index contributed by atoms with van der Waals surface area (Å²) in [7, 11) is 1.37. The molecule has 29 heavy (non-hydrogen) atoms. The van der Waals surface area contributed by atoms with Crippen LogP contribution in [0.1, 0.15) is 16.9 Å². The van der Waals surface area contributed by atoms with Gasteiger partial charge in [0.15, 0.2) is 0 Å². The summed E-state index contributed by atoms with van der Waals surface area (Å²) in [6.07, 6.45) is 10.6. The van der Waals surface area contributed by atoms with Crippen LogP contribution in [0.3, 0.4) is 0 Å². The monoisotopic (exact) mass is 425 g/mol. The molecule has 1 unspecified atom stereocenters. The Labute approximate surface area is 176 Å². The predicted molar refractivity (Wildman–Crippen MR) is 117 cm³/mol. The van der Waals surface area contributed by atoms with Crippen molar-refractivity contribution in [2.45, 2.75) is 11.8 Å². The Morgan fingerprint density at radius 3 is 2.72 bits per heavy atom. The molecule has 1 aromatic carbocycles. The van der Waals surface area contributed by atoms with Gasteiger partial charge in [0.25, 0.3) is 0 Å². The van der Waals surface area contributed by atoms with E-state index in [2.05, 4.69) is 21.0 Å². The molecule has 0 spiro atoms. The van der Waals surface area contributed by atoms with Crippen LogP contribution < -0.4 is 10.6 Å². The van der Waals surface area contributed by atoms with Crippen LogP contribution >= 0.6 is 23.2 Å². The molecule has 4 aromatic rings. The largest absolute Gasteiger partial charge is 0.464 e. The van der Waals surface area contributed by atoms with Gasteiger partial charge in [-0.1, -0.05) is 23.8 Å². The van der Waals surface area contributed by atoms with Crippen molar-refractivity contribution in [3.63, 3.8) is 0 Å². The number of aromatic amines is 3. The van der Waals surface area contributed by atoms with Crippen molar-refractivity contribution in [1.82, 2.24) is 15.0 Å². The van der Waals surface area contributed by atoms with E-state index in [-0.39, 0.29) is 5.38 Å². The molecule has 3 N–H and O–H groups in total. The lowest BCUT2D eigenvalue weighted by molar-refractivity contribution is 0.0596. The molecule has 146 valence electrons. The van der Waals surface area contributed by atoms with Gasteiger partial charge in [-0.2, -0.15) is 0 Å². The van der Waals surface area contributed by atoms with E-state index in [1.807, 2.05) is 42.9 Å². The first-order valence-corrected chi connectivity index (χ1v) is 9.99. The molecule has 0 saturated carbocycles. The number of aromatic nitrogens is 3. The van der Waals surface area contributed by atoms with Crippen LogP contribution in [0.15, 0.2) is 36.8 Å². The van der Waals surface area contributed by atoms with Gasteiger partial charge in [-0.3, -0.25) is 0 Å². The van der Waals surface area contributed by atoms with Crippen LogP contribution in [-0.4, -0.2) is 33.4 Å². The third kappa shape index (κ3) is 2.89. The lowest BCUT2D eigenvalue weighted by Gasteiger charge is -2.07. The molecule has 3 aromatic heterocycles. The number of nitrogens with one attached hydrogen (secondary N) is 3. The number of hydrogen-bond acceptors (Lipinski definition) is 2. The van der Waals surface area contributed by atoms with E-state index in [0.29, 0.717) is 10.7 Å². The first-order chi connectivity index (χ1) is 14.1. The highest BCUT2D eigenvalue weighted by Gasteiger charge is 2.24. The second-order valence-corrected chi connectivity index (χ2v) is 7.99. The highest BCUT2D eigenvalue weighted by Crippen LogP contribution is 2.39. The number of H-pyrrole nitrogens is 3. The molecule has 0 aliphatic heterocycles. The van der Waals surface area contributed by atoms with Crippen LogP contribution in [0.5, 0.6) is 0 Å². The van der Waals surface area contributed by atoms with Gasteiger partial charge < -0.3 is 19.7 Å². The van der Waals surface area contributed by atoms with Gasteiger partial charge in [0.1, 0.15) is 5.69 Å². The van der Waals surface area contributed by atoms with E-state index in [1.165, 1.54) is 7.11 Å². The number of hydrogen-bond donors (Lipinski definition) is 3. The normalized spacial score (nSPS) is 15.6. The third-order valence-corrected chi connectivity index (χ3v) is 5.86. The number of benzene rings is 1. The van der Waals surface area contributed by atoms with Crippen molar-refractivity contribution in [3.8, 4) is 22.3 Å². The molecule has 0 bridgehead atoms. The number of carbonyl (C=O) groups excluding carboxylic acids is 1. The second-order valence-electron chi connectivity index (χ2n) is 6.99. The maximum atomic E-state index is 12.5. The Kier molecular flexibility index (Phi) is 4.30. The lowest BCUT2D eigenvalue weighted by atomic mass is 9.96. The van der Waals surface area contributed by atoms with E-state index in [1.54, 1.807) is 0 Å². The van der Waals surface area contributed by atoms with Crippen molar-refractivity contribution in [2.24, 2.45) is 0 Å². The number of alkyl halides is 1. The zero-order chi connectivity index (χ0) is 20.1. The Morgan fingerprint density at radius 1 is 1.10 bits per heavy atom. The van der Waals surface area contributed by atoms with Gasteiger partial charge in [-0.25, -0.2) is 4.79 Å². The molecule has 1 aliphatic carbocycles. The van der Waals surface area contributed by atoms with Crippen LogP contribution in [-0.2, 0) is 4.74 Å². The standard InChI is InChI=1S/C22H17Cl2N3O2/c1-29-22(28)21-20(16-9-26-19-5-3-12(24)7-14(16)19)17(10-27-21)15-8-25-18-4-2-11(23)6-13(15)18/h3-11,25-27H,2H2,1H3. The van der Waals surface area contributed by atoms with Crippen LogP contribution in [0.2, 0.25) is 5.02 Å². The number of methoxy groups -OCH3 is 1. The lowest BCUT2D eigenvalue weighted by Crippen LogP contribution is -2.28. The van der Waals surface area contributed by atoms with E-state index >= 15 is 0 Å². The zero-order valence-electron chi connectivity index (χ0n) is 15.5. The minimum Gasteiger partial charge on any atom is -0.464 e. The predicted octanol–water partition coefficient (Wildman–Crippen LogP) is 4.17. The summed E-state index contributed by atoms with van der Waals surface area (Å²) in [5.41, 5.74) is 4.82. The van der Waals surface area contributed by atoms with Crippen molar-refractivity contribution >= 4 is 52.2 Å². The molecule has 3 heterocycles. The molecule has 1 aliphatic rings. The Morgan fingerprint density at radius 2 is 1.90 bits per heavy atom. The molecule has 5 nitrogen and oxygen atoms in total. The molecule has 7 heteroatoms. The highest BCUT2D eigenvalue weighted by atomic mass is 35.5. The summed E-state index contributed by atoms with van der Waals surface area (Å²) in [5, 5.41) is 3.56. The van der Waals surface area contributed by atoms with Crippen molar-refractivity contribution in [1.29, 1.82) is 0 Å². The Bertz CT molecular complexity index is 1380. The van der Waals surface area contributed by atoms with E-state index in [0.717, 1.165) is 50.1 Å². The fourth-order valence-corrected chi connectivity index (χ4v) is 4.37. The summed E-state index contributed by atoms with van der Waals surface area (Å²) < 4.78 is 5.02. The molecule has 0 saturated heterocycles. The molecule has 0 radical (unpaired) electrons. The zero-order valence-corrected chi connectivity index (χ0v) is 17.0. The topological polar surface area (TPSA) is 73.7 Å². The minimum absolute atomic E-state index is 0.0635. The van der Waals surface area contributed by atoms with E-state index < -0.39 is 5.97 Å². The molecule has 5 rings (SSSR count). The van der Waals surface area contributed by atoms with Gasteiger partial charge in [-0.05, 0) is 24.6 Å². The number of fused-ring (bicyclic) bond motifs is 2. The molecule has 1 atom stereocenters. The SMILES string of the molecule is COC(=O)c1[nH]cc(-c2c[nH]c3c2=CC(Cl)CC=3)c1-c1c[nH]c2ccc(Cl)cc12. The van der Waals surface area contributed by atoms with Crippen LogP contribution in [0, 0.1) is 0 Å². The van der Waals surface area contributed by atoms with Crippen molar-refractivity contribution in [2.75, 3.05) is 7.11 Å². The van der Waals surface area contributed by atoms with E-state index in [9.17, 15) is 4.79 Å². The van der Waals surface area contributed by atoms with Gasteiger partial charge in [-0.15, -0.1) is 11.6 Å². The first-order valence-electron chi connectivity index (χ1n) is 9.17. The average Bonchev–Trinajstić information content (AvgIpc) is 3.42. The second kappa shape index (κ2) is 6.87. The Hall–Kier alpha value is -2.89. The molecular weight excluding hydrogens is 409 g/mol. The minimum atomic E-state index is -0.433. The van der Waals surface area contributed by atoms with E-state index in [4.69, 9.17) is 27.9 Å². The Balaban J connectivity index is 1.83. The fourth-order valence-electron chi connectivity index (χ4n) is 3.98. The van der Waals surface area contributed by atoms with Gasteiger partial charge in [0.2, 0.25) is 0 Å². The number of esters is 1. The first kappa shape index (κ1) is 18.2. The maximum Gasteiger partial charge on any atom is 0.355 e. The van der Waals surface area contributed by atoms with Gasteiger partial charge in [0, 0.05) is 67.3 Å². The summed E-state index contributed by atoms with van der Waals surface area (Å²) in [6, 6.07) is 5.64. The van der Waals surface area contributed by atoms with Crippen molar-refractivity contribution < 1.29 is 9.53 Å². The number of rotatable bonds is 3. The quantitative estimate of drug-likeness (QED) is 0.340. The fraction of sp³-hybridized carbons (Fsp3) is 0.136. The molecule has 0 amide bonds. The van der Waals surface area contributed by atoms with Gasteiger partial charge >= 0.3 is 5.97 Å². The summed E-state index contributed by atoms with van der Waals surface area (Å²) >= 11 is 12.6. The highest BCUT2D eigenvalue weighted by molar-refractivity contribution is 6.31. The number of halogens is 2. The van der Waals surface area contributed by atoms with Crippen molar-refractivity contribution in [3.05, 3.63) is 58.1 Å². The number of carbonyl (C=O) groups is 1. The third-order valence-electron chi connectivity index (χ3n) is 5.32. The number of ether oxygens (including phenoxy) is 1. The maximum absolute atomic E-state index is 12.5. The summed E-state index contributed by atoms with van der Waals surface area (Å²) in [5.74, 6) is -0.433. The van der Waals surface area contributed by atoms with Crippen LogP contribution in [0.4, 0.5) is 0 Å². The molecular formula is C22H17Cl2N3O2. The van der Waals surface area contributed by atoms with Gasteiger partial charge in [0.05, 0.1) is 12.5 Å². The summed E-state index contributed by atoms with van der Waals surface area (Å²) in [6.45, 7) is 0.